The van der Waals surface area contributed by atoms with Gasteiger partial charge in [-0.05, 0) is 38.5 Å². The Kier molecular flexibility index (Phi) is 4.78. The van der Waals surface area contributed by atoms with Gasteiger partial charge in [0.25, 0.3) is 0 Å². The molecule has 0 radical (unpaired) electrons. The fourth-order valence-corrected chi connectivity index (χ4v) is 4.06. The van der Waals surface area contributed by atoms with E-state index in [0.29, 0.717) is 6.54 Å². The smallest absolute Gasteiger partial charge is 0.212 e. The van der Waals surface area contributed by atoms with Crippen LogP contribution in [0.5, 0.6) is 0 Å². The van der Waals surface area contributed by atoms with Crippen LogP contribution in [-0.4, -0.2) is 19.8 Å². The highest BCUT2D eigenvalue weighted by Crippen LogP contribution is 2.22. The molecule has 0 saturated carbocycles. The van der Waals surface area contributed by atoms with Crippen LogP contribution in [0.15, 0.2) is 45.6 Å². The van der Waals surface area contributed by atoms with Gasteiger partial charge in [-0.25, -0.2) is 12.7 Å². The monoisotopic (exact) mass is 359 g/mol. The highest BCUT2D eigenvalue weighted by molar-refractivity contribution is 9.11. The van der Waals surface area contributed by atoms with Crippen molar-refractivity contribution in [3.05, 3.63) is 56.7 Å². The second kappa shape index (κ2) is 6.17. The molecule has 2 rings (SSSR count). The Balaban J connectivity index is 2.07. The molecule has 1 aromatic carbocycles. The molecule has 0 atom stereocenters. The highest BCUT2D eigenvalue weighted by atomic mass is 79.9. The lowest BCUT2D eigenvalue weighted by atomic mass is 10.2. The standard InChI is InChI=1S/C13H14BrNO2S2/c1-15(8-12-7-13(14)18-9-12)19(16,17)10-11-5-3-2-4-6-11/h2-7,9H,8,10H2,1H3. The minimum Gasteiger partial charge on any atom is -0.212 e. The van der Waals surface area contributed by atoms with E-state index in [-0.39, 0.29) is 5.75 Å². The summed E-state index contributed by atoms with van der Waals surface area (Å²) < 4.78 is 26.9. The molecule has 0 fully saturated rings. The first-order valence-electron chi connectivity index (χ1n) is 5.68. The SMILES string of the molecule is CN(Cc1csc(Br)c1)S(=O)(=O)Cc1ccccc1. The van der Waals surface area contributed by atoms with Crippen molar-refractivity contribution in [2.45, 2.75) is 12.3 Å². The molecule has 102 valence electrons. The van der Waals surface area contributed by atoms with Crippen LogP contribution in [0.2, 0.25) is 0 Å². The number of halogens is 1. The highest BCUT2D eigenvalue weighted by Gasteiger charge is 2.19. The maximum absolute atomic E-state index is 12.2. The van der Waals surface area contributed by atoms with Crippen LogP contribution in [0.1, 0.15) is 11.1 Å². The molecule has 0 spiro atoms. The van der Waals surface area contributed by atoms with Gasteiger partial charge in [-0.2, -0.15) is 0 Å². The summed E-state index contributed by atoms with van der Waals surface area (Å²) in [5.41, 5.74) is 1.80. The molecule has 0 aliphatic rings. The Morgan fingerprint density at radius 3 is 2.47 bits per heavy atom. The molecule has 0 amide bonds. The molecular weight excluding hydrogens is 346 g/mol. The van der Waals surface area contributed by atoms with E-state index in [1.165, 1.54) is 4.31 Å². The fraction of sp³-hybridized carbons (Fsp3) is 0.231. The van der Waals surface area contributed by atoms with Crippen LogP contribution in [-0.2, 0) is 22.3 Å². The molecule has 0 saturated heterocycles. The van der Waals surface area contributed by atoms with Gasteiger partial charge >= 0.3 is 0 Å². The van der Waals surface area contributed by atoms with Gasteiger partial charge in [0.1, 0.15) is 0 Å². The summed E-state index contributed by atoms with van der Waals surface area (Å²) in [6.45, 7) is 0.400. The summed E-state index contributed by atoms with van der Waals surface area (Å²) in [6, 6.07) is 11.2. The zero-order chi connectivity index (χ0) is 13.9. The number of hydrogen-bond acceptors (Lipinski definition) is 3. The van der Waals surface area contributed by atoms with Crippen molar-refractivity contribution in [1.82, 2.24) is 4.31 Å². The minimum absolute atomic E-state index is 0.0373. The van der Waals surface area contributed by atoms with Crippen LogP contribution < -0.4 is 0 Å². The first-order valence-corrected chi connectivity index (χ1v) is 8.96. The van der Waals surface area contributed by atoms with Crippen LogP contribution in [0, 0.1) is 0 Å². The summed E-state index contributed by atoms with van der Waals surface area (Å²) >= 11 is 4.93. The number of sulfonamides is 1. The topological polar surface area (TPSA) is 37.4 Å². The third-order valence-corrected chi connectivity index (χ3v) is 6.02. The van der Waals surface area contributed by atoms with E-state index in [2.05, 4.69) is 15.9 Å². The molecule has 0 aliphatic carbocycles. The minimum atomic E-state index is -3.28. The lowest BCUT2D eigenvalue weighted by molar-refractivity contribution is 0.466. The third kappa shape index (κ3) is 4.14. The predicted molar refractivity (Wildman–Crippen MR) is 82.6 cm³/mol. The second-order valence-electron chi connectivity index (χ2n) is 4.26. The van der Waals surface area contributed by atoms with E-state index in [9.17, 15) is 8.42 Å². The summed E-state index contributed by atoms with van der Waals surface area (Å²) in [5, 5.41) is 1.96. The first kappa shape index (κ1) is 14.7. The van der Waals surface area contributed by atoms with E-state index in [0.717, 1.165) is 14.9 Å². The number of benzene rings is 1. The Bertz CT molecular complexity index is 638. The van der Waals surface area contributed by atoms with Crippen LogP contribution >= 0.6 is 27.3 Å². The van der Waals surface area contributed by atoms with Gasteiger partial charge in [-0.15, -0.1) is 11.3 Å². The van der Waals surface area contributed by atoms with Crippen molar-refractivity contribution in [3.8, 4) is 0 Å². The van der Waals surface area contributed by atoms with Crippen molar-refractivity contribution >= 4 is 37.3 Å². The zero-order valence-corrected chi connectivity index (χ0v) is 13.6. The van der Waals surface area contributed by atoms with Gasteiger partial charge in [0, 0.05) is 13.6 Å². The first-order chi connectivity index (χ1) is 8.97. The summed E-state index contributed by atoms with van der Waals surface area (Å²) in [6.07, 6.45) is 0. The van der Waals surface area contributed by atoms with Crippen LogP contribution in [0.25, 0.3) is 0 Å². The lowest BCUT2D eigenvalue weighted by Gasteiger charge is -2.16. The zero-order valence-electron chi connectivity index (χ0n) is 10.4. The molecule has 19 heavy (non-hydrogen) atoms. The number of rotatable bonds is 5. The van der Waals surface area contributed by atoms with Gasteiger partial charge in [-0.1, -0.05) is 30.3 Å². The predicted octanol–water partition coefficient (Wildman–Crippen LogP) is 3.47. The van der Waals surface area contributed by atoms with Crippen LogP contribution in [0.3, 0.4) is 0 Å². The van der Waals surface area contributed by atoms with E-state index in [1.54, 1.807) is 18.4 Å². The lowest BCUT2D eigenvalue weighted by Crippen LogP contribution is -2.27. The van der Waals surface area contributed by atoms with Gasteiger partial charge in [0.2, 0.25) is 10.0 Å². The van der Waals surface area contributed by atoms with Crippen molar-refractivity contribution in [1.29, 1.82) is 0 Å². The molecule has 3 nitrogen and oxygen atoms in total. The number of thiophene rings is 1. The number of hydrogen-bond donors (Lipinski definition) is 0. The van der Waals surface area contributed by atoms with Gasteiger partial charge in [-0.3, -0.25) is 0 Å². The van der Waals surface area contributed by atoms with E-state index < -0.39 is 10.0 Å². The second-order valence-corrected chi connectivity index (χ2v) is 8.62. The molecule has 0 N–H and O–H groups in total. The normalized spacial score (nSPS) is 11.9. The largest absolute Gasteiger partial charge is 0.218 e. The van der Waals surface area contributed by atoms with Gasteiger partial charge in [0.05, 0.1) is 9.54 Å². The molecule has 2 aromatic rings. The Morgan fingerprint density at radius 2 is 1.89 bits per heavy atom. The molecule has 1 aromatic heterocycles. The van der Waals surface area contributed by atoms with Crippen molar-refractivity contribution < 1.29 is 8.42 Å². The Morgan fingerprint density at radius 1 is 1.21 bits per heavy atom. The molecular formula is C13H14BrNO2S2. The number of nitrogens with zero attached hydrogens (tertiary/aromatic N) is 1. The van der Waals surface area contributed by atoms with E-state index in [1.807, 2.05) is 41.8 Å². The third-order valence-electron chi connectivity index (χ3n) is 2.69. The van der Waals surface area contributed by atoms with E-state index in [4.69, 9.17) is 0 Å². The van der Waals surface area contributed by atoms with Gasteiger partial charge < -0.3 is 0 Å². The fourth-order valence-electron chi connectivity index (χ4n) is 1.68. The molecule has 0 aliphatic heterocycles. The molecule has 1 heterocycles. The van der Waals surface area contributed by atoms with Crippen molar-refractivity contribution in [2.24, 2.45) is 0 Å². The molecule has 0 unspecified atom stereocenters. The maximum Gasteiger partial charge on any atom is 0.218 e. The summed E-state index contributed by atoms with van der Waals surface area (Å²) in [5.74, 6) is 0.0373. The average molecular weight is 360 g/mol. The molecule has 0 bridgehead atoms. The average Bonchev–Trinajstić information content (AvgIpc) is 2.75. The summed E-state index contributed by atoms with van der Waals surface area (Å²) in [4.78, 5) is 0. The van der Waals surface area contributed by atoms with Gasteiger partial charge in [0.15, 0.2) is 0 Å². The van der Waals surface area contributed by atoms with Crippen molar-refractivity contribution in [2.75, 3.05) is 7.05 Å². The summed E-state index contributed by atoms with van der Waals surface area (Å²) in [7, 11) is -1.66. The maximum atomic E-state index is 12.2. The van der Waals surface area contributed by atoms with Crippen LogP contribution in [0.4, 0.5) is 0 Å². The van der Waals surface area contributed by atoms with Crippen molar-refractivity contribution in [3.63, 3.8) is 0 Å². The Hall–Kier alpha value is -0.690. The molecule has 6 heteroatoms. The quantitative estimate of drug-likeness (QED) is 0.819. The Labute approximate surface area is 126 Å². The van der Waals surface area contributed by atoms with E-state index >= 15 is 0 Å².